The van der Waals surface area contributed by atoms with Gasteiger partial charge in [-0.25, -0.2) is 9.78 Å². The number of allylic oxidation sites excluding steroid dienone is 2. The number of rotatable bonds is 8. The molecule has 10 heteroatoms. The molecule has 0 spiro atoms. The SMILES string of the molecule is C=C/C(=C\N(C)C)c1ccnc2c1COc1c(cc(C3CCN(C4CN(C(=O)/C=C/C(=O)OC(C)C)C4)CC3)nc1C)N2. The molecule has 228 valence electrons. The molecule has 2 saturated heterocycles. The summed E-state index contributed by atoms with van der Waals surface area (Å²) in [7, 11) is 3.98. The first-order valence-electron chi connectivity index (χ1n) is 14.9. The number of nitrogens with zero attached hydrogens (tertiary/aromatic N) is 5. The fourth-order valence-corrected chi connectivity index (χ4v) is 5.91. The molecule has 0 aromatic carbocycles. The molecular weight excluding hydrogens is 544 g/mol. The summed E-state index contributed by atoms with van der Waals surface area (Å²) < 4.78 is 11.4. The number of anilines is 2. The number of carbonyl (C=O) groups excluding carboxylic acids is 2. The van der Waals surface area contributed by atoms with Crippen molar-refractivity contribution in [3.8, 4) is 5.75 Å². The molecule has 3 aliphatic rings. The van der Waals surface area contributed by atoms with E-state index >= 15 is 0 Å². The maximum absolute atomic E-state index is 12.4. The van der Waals surface area contributed by atoms with Crippen molar-refractivity contribution >= 4 is 29.0 Å². The predicted octanol–water partition coefficient (Wildman–Crippen LogP) is 4.41. The zero-order chi connectivity index (χ0) is 30.7. The Labute approximate surface area is 254 Å². The van der Waals surface area contributed by atoms with Crippen LogP contribution in [0.3, 0.4) is 0 Å². The van der Waals surface area contributed by atoms with Crippen LogP contribution in [0.5, 0.6) is 5.75 Å². The summed E-state index contributed by atoms with van der Waals surface area (Å²) in [6.07, 6.45) is 10.0. The van der Waals surface area contributed by atoms with Crippen molar-refractivity contribution in [3.05, 3.63) is 71.9 Å². The predicted molar refractivity (Wildman–Crippen MR) is 167 cm³/mol. The molecule has 0 bridgehead atoms. The number of aromatic nitrogens is 2. The highest BCUT2D eigenvalue weighted by Gasteiger charge is 2.36. The molecule has 5 heterocycles. The van der Waals surface area contributed by atoms with E-state index in [1.54, 1.807) is 18.7 Å². The second-order valence-electron chi connectivity index (χ2n) is 11.9. The van der Waals surface area contributed by atoms with Crippen molar-refractivity contribution < 1.29 is 19.1 Å². The Morgan fingerprint density at radius 3 is 2.63 bits per heavy atom. The second-order valence-corrected chi connectivity index (χ2v) is 11.9. The van der Waals surface area contributed by atoms with Gasteiger partial charge in [0.05, 0.1) is 17.5 Å². The van der Waals surface area contributed by atoms with E-state index in [4.69, 9.17) is 14.5 Å². The van der Waals surface area contributed by atoms with Crippen molar-refractivity contribution in [1.82, 2.24) is 24.7 Å². The minimum Gasteiger partial charge on any atom is -0.485 e. The highest BCUT2D eigenvalue weighted by atomic mass is 16.5. The lowest BCUT2D eigenvalue weighted by Gasteiger charge is -2.47. The van der Waals surface area contributed by atoms with Gasteiger partial charge in [-0.15, -0.1) is 0 Å². The van der Waals surface area contributed by atoms with Gasteiger partial charge >= 0.3 is 5.97 Å². The van der Waals surface area contributed by atoms with Gasteiger partial charge in [0, 0.05) is 75.0 Å². The fraction of sp³-hybridized carbons (Fsp3) is 0.455. The summed E-state index contributed by atoms with van der Waals surface area (Å²) in [5, 5.41) is 3.55. The standard InChI is InChI=1S/C33H42N6O4/c1-7-23(17-37(5)6)26-10-13-34-33-27(26)20-42-32-22(4)35-28(16-29(32)36-33)24-11-14-38(15-12-24)25-18-39(19-25)30(40)8-9-31(41)43-21(2)3/h7-10,13,16-17,21,24-25H,1,11-12,14-15,18-20H2,2-6H3,(H,34,36)/b9-8+,23-17+. The molecule has 0 aliphatic carbocycles. The van der Waals surface area contributed by atoms with E-state index in [2.05, 4.69) is 27.8 Å². The van der Waals surface area contributed by atoms with Crippen LogP contribution in [0.15, 0.2) is 49.3 Å². The number of amides is 1. The van der Waals surface area contributed by atoms with E-state index in [0.29, 0.717) is 31.7 Å². The van der Waals surface area contributed by atoms with Gasteiger partial charge < -0.3 is 24.6 Å². The second kappa shape index (κ2) is 13.0. The average Bonchev–Trinajstić information content (AvgIpc) is 3.13. The number of ether oxygens (including phenoxy) is 2. The monoisotopic (exact) mass is 586 g/mol. The quantitative estimate of drug-likeness (QED) is 0.274. The number of hydrogen-bond donors (Lipinski definition) is 1. The largest absolute Gasteiger partial charge is 0.485 e. The number of carbonyl (C=O) groups is 2. The highest BCUT2D eigenvalue weighted by molar-refractivity contribution is 5.95. The highest BCUT2D eigenvalue weighted by Crippen LogP contribution is 2.40. The number of nitrogens with one attached hydrogen (secondary N) is 1. The molecule has 1 amide bonds. The van der Waals surface area contributed by atoms with Crippen molar-refractivity contribution in [2.75, 3.05) is 45.6 Å². The zero-order valence-electron chi connectivity index (χ0n) is 25.8. The van der Waals surface area contributed by atoms with E-state index in [1.165, 1.54) is 12.2 Å². The minimum absolute atomic E-state index is 0.149. The molecule has 2 aromatic heterocycles. The summed E-state index contributed by atoms with van der Waals surface area (Å²) in [6.45, 7) is 13.2. The molecule has 5 rings (SSSR count). The number of pyridine rings is 2. The minimum atomic E-state index is -0.491. The molecule has 1 N–H and O–H groups in total. The number of piperidine rings is 1. The van der Waals surface area contributed by atoms with E-state index in [-0.39, 0.29) is 12.0 Å². The van der Waals surface area contributed by atoms with Crippen molar-refractivity contribution in [2.24, 2.45) is 0 Å². The van der Waals surface area contributed by atoms with E-state index in [1.807, 2.05) is 50.5 Å². The van der Waals surface area contributed by atoms with Gasteiger partial charge in [-0.1, -0.05) is 12.7 Å². The molecular formula is C33H42N6O4. The van der Waals surface area contributed by atoms with E-state index < -0.39 is 5.97 Å². The molecule has 0 saturated carbocycles. The van der Waals surface area contributed by atoms with Crippen LogP contribution < -0.4 is 10.1 Å². The maximum atomic E-state index is 12.4. The Morgan fingerprint density at radius 2 is 1.95 bits per heavy atom. The number of hydrogen-bond acceptors (Lipinski definition) is 9. The third-order valence-electron chi connectivity index (χ3n) is 8.11. The lowest BCUT2D eigenvalue weighted by molar-refractivity contribution is -0.142. The summed E-state index contributed by atoms with van der Waals surface area (Å²) in [4.78, 5) is 40.0. The van der Waals surface area contributed by atoms with Crippen LogP contribution in [-0.4, -0.2) is 89.0 Å². The number of esters is 1. The van der Waals surface area contributed by atoms with E-state index in [0.717, 1.165) is 71.3 Å². The van der Waals surface area contributed by atoms with Gasteiger partial charge in [-0.3, -0.25) is 14.7 Å². The van der Waals surface area contributed by atoms with Crippen molar-refractivity contribution in [3.63, 3.8) is 0 Å². The summed E-state index contributed by atoms with van der Waals surface area (Å²) in [5.74, 6) is 1.24. The number of likely N-dealkylation sites (tertiary alicyclic amines) is 2. The van der Waals surface area contributed by atoms with Crippen molar-refractivity contribution in [1.29, 1.82) is 0 Å². The lowest BCUT2D eigenvalue weighted by atomic mass is 9.90. The number of fused-ring (bicyclic) bond motifs is 2. The Morgan fingerprint density at radius 1 is 1.21 bits per heavy atom. The zero-order valence-corrected chi connectivity index (χ0v) is 25.8. The van der Waals surface area contributed by atoms with Gasteiger partial charge in [0.25, 0.3) is 0 Å². The Kier molecular flexibility index (Phi) is 9.15. The van der Waals surface area contributed by atoms with Crippen LogP contribution in [0.25, 0.3) is 5.57 Å². The van der Waals surface area contributed by atoms with Gasteiger partial charge in [0.1, 0.15) is 12.4 Å². The topological polar surface area (TPSA) is 100 Å². The Balaban J connectivity index is 1.21. The maximum Gasteiger partial charge on any atom is 0.331 e. The van der Waals surface area contributed by atoms with Gasteiger partial charge in [-0.2, -0.15) is 0 Å². The lowest BCUT2D eigenvalue weighted by Crippen LogP contribution is -2.61. The third-order valence-corrected chi connectivity index (χ3v) is 8.11. The van der Waals surface area contributed by atoms with Gasteiger partial charge in [-0.05, 0) is 70.0 Å². The van der Waals surface area contributed by atoms with Crippen LogP contribution in [0.1, 0.15) is 55.1 Å². The van der Waals surface area contributed by atoms with Crippen LogP contribution in [0.4, 0.5) is 11.5 Å². The summed E-state index contributed by atoms with van der Waals surface area (Å²) in [6, 6.07) is 4.46. The van der Waals surface area contributed by atoms with Crippen LogP contribution in [0.2, 0.25) is 0 Å². The molecule has 3 aliphatic heterocycles. The average molecular weight is 587 g/mol. The summed E-state index contributed by atoms with van der Waals surface area (Å²) >= 11 is 0. The molecule has 2 aromatic rings. The third kappa shape index (κ3) is 6.91. The first-order valence-corrected chi connectivity index (χ1v) is 14.9. The summed E-state index contributed by atoms with van der Waals surface area (Å²) in [5.41, 5.74) is 5.85. The Bertz CT molecular complexity index is 1440. The fourth-order valence-electron chi connectivity index (χ4n) is 5.91. The molecule has 0 atom stereocenters. The number of aryl methyl sites for hydroxylation is 1. The molecule has 2 fully saturated rings. The molecule has 10 nitrogen and oxygen atoms in total. The van der Waals surface area contributed by atoms with Gasteiger partial charge in [0.2, 0.25) is 5.91 Å². The first-order chi connectivity index (χ1) is 20.6. The van der Waals surface area contributed by atoms with Crippen LogP contribution >= 0.6 is 0 Å². The molecule has 0 unspecified atom stereocenters. The van der Waals surface area contributed by atoms with Crippen LogP contribution in [-0.2, 0) is 20.9 Å². The van der Waals surface area contributed by atoms with Crippen LogP contribution in [0, 0.1) is 6.92 Å². The van der Waals surface area contributed by atoms with Crippen molar-refractivity contribution in [2.45, 2.75) is 58.3 Å². The van der Waals surface area contributed by atoms with E-state index in [9.17, 15) is 9.59 Å². The Hall–Kier alpha value is -4.18. The normalized spacial score (nSPS) is 17.8. The first kappa shape index (κ1) is 30.3. The smallest absolute Gasteiger partial charge is 0.331 e. The molecule has 0 radical (unpaired) electrons. The van der Waals surface area contributed by atoms with Gasteiger partial charge in [0.15, 0.2) is 5.75 Å². The molecule has 43 heavy (non-hydrogen) atoms.